The number of furan rings is 1. The number of aliphatic imine (C=N–C) groups is 1. The van der Waals surface area contributed by atoms with Gasteiger partial charge in [0.15, 0.2) is 5.96 Å². The maximum atomic E-state index is 5.72. The number of nitrogens with zero attached hydrogens (tertiary/aromatic N) is 4. The Morgan fingerprint density at radius 1 is 1.07 bits per heavy atom. The quantitative estimate of drug-likeness (QED) is 0.484. The highest BCUT2D eigenvalue weighted by atomic mass is 16.3. The molecule has 164 valence electrons. The van der Waals surface area contributed by atoms with Crippen molar-refractivity contribution in [1.29, 1.82) is 0 Å². The van der Waals surface area contributed by atoms with Gasteiger partial charge in [-0.15, -0.1) is 0 Å². The molecular formula is C22H40N6O. The zero-order valence-electron chi connectivity index (χ0n) is 18.6. The van der Waals surface area contributed by atoms with Gasteiger partial charge < -0.3 is 24.9 Å². The van der Waals surface area contributed by atoms with Crippen molar-refractivity contribution in [2.45, 2.75) is 32.7 Å². The summed E-state index contributed by atoms with van der Waals surface area (Å²) in [6.07, 6.45) is 4.32. The van der Waals surface area contributed by atoms with E-state index in [9.17, 15) is 0 Å². The van der Waals surface area contributed by atoms with Gasteiger partial charge in [-0.1, -0.05) is 13.8 Å². The minimum atomic E-state index is 0.262. The molecule has 0 aromatic carbocycles. The first-order chi connectivity index (χ1) is 14.2. The van der Waals surface area contributed by atoms with Crippen LogP contribution in [0.4, 0.5) is 0 Å². The van der Waals surface area contributed by atoms with E-state index in [1.165, 1.54) is 45.6 Å². The Hall–Kier alpha value is -1.57. The van der Waals surface area contributed by atoms with E-state index in [1.807, 2.05) is 13.1 Å². The molecule has 3 rings (SSSR count). The van der Waals surface area contributed by atoms with Gasteiger partial charge in [0.2, 0.25) is 0 Å². The molecule has 2 fully saturated rings. The highest BCUT2D eigenvalue weighted by molar-refractivity contribution is 5.79. The van der Waals surface area contributed by atoms with Crippen molar-refractivity contribution >= 4 is 5.96 Å². The highest BCUT2D eigenvalue weighted by Crippen LogP contribution is 2.24. The van der Waals surface area contributed by atoms with E-state index in [-0.39, 0.29) is 6.04 Å². The van der Waals surface area contributed by atoms with Crippen LogP contribution in [0.5, 0.6) is 0 Å². The molecule has 7 heteroatoms. The summed E-state index contributed by atoms with van der Waals surface area (Å²) in [5.41, 5.74) is 0. The van der Waals surface area contributed by atoms with E-state index in [1.54, 1.807) is 6.26 Å². The molecule has 0 aliphatic carbocycles. The van der Waals surface area contributed by atoms with Gasteiger partial charge in [-0.25, -0.2) is 0 Å². The minimum Gasteiger partial charge on any atom is -0.468 e. The first-order valence-corrected chi connectivity index (χ1v) is 11.4. The van der Waals surface area contributed by atoms with Crippen LogP contribution in [0.2, 0.25) is 0 Å². The third-order valence-corrected chi connectivity index (χ3v) is 6.24. The van der Waals surface area contributed by atoms with E-state index in [2.05, 4.69) is 50.2 Å². The molecule has 29 heavy (non-hydrogen) atoms. The Labute approximate surface area is 176 Å². The molecule has 0 saturated carbocycles. The third-order valence-electron chi connectivity index (χ3n) is 6.24. The highest BCUT2D eigenvalue weighted by Gasteiger charge is 2.25. The van der Waals surface area contributed by atoms with Gasteiger partial charge in [0, 0.05) is 52.9 Å². The zero-order chi connectivity index (χ0) is 20.5. The Morgan fingerprint density at radius 3 is 2.38 bits per heavy atom. The Morgan fingerprint density at radius 2 is 1.76 bits per heavy atom. The summed E-state index contributed by atoms with van der Waals surface area (Å²) in [4.78, 5) is 12.1. The van der Waals surface area contributed by atoms with Crippen LogP contribution < -0.4 is 10.6 Å². The van der Waals surface area contributed by atoms with E-state index >= 15 is 0 Å². The lowest BCUT2D eigenvalue weighted by atomic mass is 10.1. The molecule has 2 aliphatic rings. The van der Waals surface area contributed by atoms with Crippen LogP contribution in [0.1, 0.15) is 38.5 Å². The van der Waals surface area contributed by atoms with Gasteiger partial charge in [0.25, 0.3) is 0 Å². The fraction of sp³-hybridized carbons (Fsp3) is 0.773. The van der Waals surface area contributed by atoms with Crippen molar-refractivity contribution in [2.24, 2.45) is 10.9 Å². The van der Waals surface area contributed by atoms with Crippen molar-refractivity contribution in [3.63, 3.8) is 0 Å². The van der Waals surface area contributed by atoms with Crippen LogP contribution in [0.15, 0.2) is 27.8 Å². The van der Waals surface area contributed by atoms with Crippen LogP contribution in [0.3, 0.4) is 0 Å². The summed E-state index contributed by atoms with van der Waals surface area (Å²) in [7, 11) is 1.85. The van der Waals surface area contributed by atoms with Crippen LogP contribution in [-0.4, -0.2) is 93.2 Å². The average molecular weight is 405 g/mol. The summed E-state index contributed by atoms with van der Waals surface area (Å²) in [5.74, 6) is 2.50. The number of hydrogen-bond acceptors (Lipinski definition) is 5. The number of piperazine rings is 1. The molecule has 3 heterocycles. The number of likely N-dealkylation sites (tertiary alicyclic amines) is 1. The van der Waals surface area contributed by atoms with Gasteiger partial charge in [0.1, 0.15) is 5.76 Å². The minimum absolute atomic E-state index is 0.262. The molecule has 0 amide bonds. The summed E-state index contributed by atoms with van der Waals surface area (Å²) in [6, 6.07) is 4.33. The van der Waals surface area contributed by atoms with Crippen molar-refractivity contribution in [1.82, 2.24) is 25.3 Å². The zero-order valence-corrected chi connectivity index (χ0v) is 18.6. The van der Waals surface area contributed by atoms with Gasteiger partial charge in [-0.3, -0.25) is 9.89 Å². The normalized spacial score (nSPS) is 22.0. The first-order valence-electron chi connectivity index (χ1n) is 11.4. The second-order valence-corrected chi connectivity index (χ2v) is 8.45. The molecule has 2 N–H and O–H groups in total. The van der Waals surface area contributed by atoms with Crippen LogP contribution >= 0.6 is 0 Å². The molecular weight excluding hydrogens is 364 g/mol. The molecule has 2 aliphatic heterocycles. The van der Waals surface area contributed by atoms with Crippen LogP contribution in [0, 0.1) is 5.92 Å². The Bertz CT molecular complexity index is 590. The van der Waals surface area contributed by atoms with Crippen LogP contribution in [0.25, 0.3) is 0 Å². The topological polar surface area (TPSA) is 59.3 Å². The fourth-order valence-electron chi connectivity index (χ4n) is 4.42. The SMILES string of the molecule is CCN1CCN(CC(C)CNC(=NC)NCC(c2ccco2)N2CCCC2)CC1. The largest absolute Gasteiger partial charge is 0.468 e. The lowest BCUT2D eigenvalue weighted by Crippen LogP contribution is -2.49. The van der Waals surface area contributed by atoms with Crippen LogP contribution in [-0.2, 0) is 0 Å². The monoisotopic (exact) mass is 404 g/mol. The molecule has 2 saturated heterocycles. The lowest BCUT2D eigenvalue weighted by Gasteiger charge is -2.35. The van der Waals surface area contributed by atoms with E-state index in [0.29, 0.717) is 5.92 Å². The van der Waals surface area contributed by atoms with Crippen molar-refractivity contribution in [3.05, 3.63) is 24.2 Å². The second-order valence-electron chi connectivity index (χ2n) is 8.45. The fourth-order valence-corrected chi connectivity index (χ4v) is 4.42. The second kappa shape index (κ2) is 11.6. The predicted molar refractivity (Wildman–Crippen MR) is 119 cm³/mol. The molecule has 1 aromatic heterocycles. The summed E-state index contributed by atoms with van der Waals surface area (Å²) < 4.78 is 5.72. The smallest absolute Gasteiger partial charge is 0.191 e. The lowest BCUT2D eigenvalue weighted by molar-refractivity contribution is 0.124. The molecule has 7 nitrogen and oxygen atoms in total. The number of nitrogens with one attached hydrogen (secondary N) is 2. The van der Waals surface area contributed by atoms with Crippen molar-refractivity contribution < 1.29 is 4.42 Å². The number of guanidine groups is 1. The third kappa shape index (κ3) is 6.73. The molecule has 0 bridgehead atoms. The van der Waals surface area contributed by atoms with E-state index in [4.69, 9.17) is 4.42 Å². The summed E-state index contributed by atoms with van der Waals surface area (Å²) >= 11 is 0. The van der Waals surface area contributed by atoms with Crippen molar-refractivity contribution in [3.8, 4) is 0 Å². The maximum Gasteiger partial charge on any atom is 0.191 e. The molecule has 2 unspecified atom stereocenters. The van der Waals surface area contributed by atoms with Gasteiger partial charge in [-0.2, -0.15) is 0 Å². The van der Waals surface area contributed by atoms with Crippen molar-refractivity contribution in [2.75, 3.05) is 72.5 Å². The standard InChI is InChI=1S/C22H40N6O/c1-4-26-11-13-27(14-12-26)18-19(2)16-24-22(23-3)25-17-20(21-8-7-15-29-21)28-9-5-6-10-28/h7-8,15,19-20H,4-6,9-14,16-18H2,1-3H3,(H2,23,24,25). The Kier molecular flexibility index (Phi) is 8.83. The number of rotatable bonds is 9. The molecule has 0 spiro atoms. The molecule has 2 atom stereocenters. The number of likely N-dealkylation sites (N-methyl/N-ethyl adjacent to an activating group) is 1. The first kappa shape index (κ1) is 22.1. The molecule has 1 aromatic rings. The maximum absolute atomic E-state index is 5.72. The van der Waals surface area contributed by atoms with Gasteiger partial charge in [0.05, 0.1) is 12.3 Å². The number of hydrogen-bond donors (Lipinski definition) is 2. The van der Waals surface area contributed by atoms with Gasteiger partial charge >= 0.3 is 0 Å². The average Bonchev–Trinajstić information content (AvgIpc) is 3.46. The summed E-state index contributed by atoms with van der Waals surface area (Å²) in [6.45, 7) is 15.7. The Balaban J connectivity index is 1.41. The molecule has 0 radical (unpaired) electrons. The van der Waals surface area contributed by atoms with E-state index in [0.717, 1.165) is 44.4 Å². The van der Waals surface area contributed by atoms with E-state index < -0.39 is 0 Å². The van der Waals surface area contributed by atoms with Gasteiger partial charge in [-0.05, 0) is 50.5 Å². The predicted octanol–water partition coefficient (Wildman–Crippen LogP) is 1.86. The summed E-state index contributed by atoms with van der Waals surface area (Å²) in [5, 5.41) is 7.05.